The van der Waals surface area contributed by atoms with Crippen molar-refractivity contribution < 1.29 is 19.0 Å². The molecule has 3 aromatic carbocycles. The van der Waals surface area contributed by atoms with Crippen molar-refractivity contribution in [3.05, 3.63) is 77.9 Å². The van der Waals surface area contributed by atoms with Gasteiger partial charge in [0.05, 0.1) is 0 Å². The highest BCUT2D eigenvalue weighted by molar-refractivity contribution is 5.96. The molecule has 134 valence electrons. The van der Waals surface area contributed by atoms with Gasteiger partial charge in [0, 0.05) is 24.1 Å². The first-order valence-electron chi connectivity index (χ1n) is 8.82. The molecule has 2 heterocycles. The number of nitrogens with one attached hydrogen (secondary N) is 1. The maximum absolute atomic E-state index is 12.3. The predicted octanol–water partition coefficient (Wildman–Crippen LogP) is 4.68. The highest BCUT2D eigenvalue weighted by atomic mass is 16.7. The van der Waals surface area contributed by atoms with Crippen LogP contribution in [0, 0.1) is 0 Å². The van der Waals surface area contributed by atoms with Gasteiger partial charge in [-0.3, -0.25) is 4.79 Å². The maximum atomic E-state index is 12.3. The maximum Gasteiger partial charge on any atom is 0.231 e. The molecule has 27 heavy (non-hydrogen) atoms. The third-order valence-corrected chi connectivity index (χ3v) is 4.82. The number of fused-ring (bicyclic) bond motifs is 2. The van der Waals surface area contributed by atoms with Crippen LogP contribution < -0.4 is 19.5 Å². The summed E-state index contributed by atoms with van der Waals surface area (Å²) in [6.07, 6.45) is 0.376. The van der Waals surface area contributed by atoms with Gasteiger partial charge in [0.2, 0.25) is 12.7 Å². The minimum absolute atomic E-state index is 0.0132. The number of benzene rings is 3. The summed E-state index contributed by atoms with van der Waals surface area (Å²) >= 11 is 0. The van der Waals surface area contributed by atoms with Gasteiger partial charge in [0.25, 0.3) is 0 Å². The summed E-state index contributed by atoms with van der Waals surface area (Å²) in [4.78, 5) is 12.3. The quantitative estimate of drug-likeness (QED) is 0.738. The molecule has 0 saturated heterocycles. The van der Waals surface area contributed by atoms with Gasteiger partial charge >= 0.3 is 0 Å². The average Bonchev–Trinajstić information content (AvgIpc) is 3.14. The molecule has 0 fully saturated rings. The first-order valence-corrected chi connectivity index (χ1v) is 8.82. The van der Waals surface area contributed by atoms with E-state index in [-0.39, 0.29) is 18.6 Å². The highest BCUT2D eigenvalue weighted by Crippen LogP contribution is 2.45. The van der Waals surface area contributed by atoms with Crippen molar-refractivity contribution >= 4 is 11.6 Å². The molecule has 0 aromatic heterocycles. The second kappa shape index (κ2) is 6.36. The number of rotatable bonds is 3. The fourth-order valence-corrected chi connectivity index (χ4v) is 3.57. The van der Waals surface area contributed by atoms with E-state index in [0.717, 1.165) is 28.3 Å². The molecule has 0 spiro atoms. The van der Waals surface area contributed by atoms with Crippen LogP contribution in [0.1, 0.15) is 23.5 Å². The zero-order valence-corrected chi connectivity index (χ0v) is 14.5. The Bertz CT molecular complexity index is 1020. The lowest BCUT2D eigenvalue weighted by Crippen LogP contribution is -2.23. The highest BCUT2D eigenvalue weighted by Gasteiger charge is 2.30. The van der Waals surface area contributed by atoms with Crippen LogP contribution >= 0.6 is 0 Å². The van der Waals surface area contributed by atoms with Crippen LogP contribution in [0.5, 0.6) is 23.0 Å². The molecule has 0 aliphatic carbocycles. The molecule has 5 heteroatoms. The van der Waals surface area contributed by atoms with Gasteiger partial charge in [-0.25, -0.2) is 0 Å². The van der Waals surface area contributed by atoms with E-state index in [1.165, 1.54) is 0 Å². The Morgan fingerprint density at radius 2 is 1.67 bits per heavy atom. The summed E-state index contributed by atoms with van der Waals surface area (Å²) in [5, 5.41) is 2.94. The first kappa shape index (κ1) is 15.8. The number of amides is 1. The fourth-order valence-electron chi connectivity index (χ4n) is 3.57. The molecular weight excluding hydrogens is 342 g/mol. The minimum atomic E-state index is -0.0671. The lowest BCUT2D eigenvalue weighted by molar-refractivity contribution is -0.116. The van der Waals surface area contributed by atoms with Gasteiger partial charge in [0.1, 0.15) is 11.5 Å². The lowest BCUT2D eigenvalue weighted by atomic mass is 9.84. The van der Waals surface area contributed by atoms with Crippen LogP contribution in [-0.2, 0) is 4.79 Å². The summed E-state index contributed by atoms with van der Waals surface area (Å²) in [5.74, 6) is 2.82. The van der Waals surface area contributed by atoms with Crippen molar-refractivity contribution in [2.45, 2.75) is 12.3 Å². The van der Waals surface area contributed by atoms with Crippen molar-refractivity contribution in [3.8, 4) is 23.0 Å². The summed E-state index contributed by atoms with van der Waals surface area (Å²) < 4.78 is 16.9. The third kappa shape index (κ3) is 2.97. The Kier molecular flexibility index (Phi) is 3.71. The molecule has 1 atom stereocenters. The van der Waals surface area contributed by atoms with E-state index < -0.39 is 0 Å². The van der Waals surface area contributed by atoms with Crippen molar-refractivity contribution in [3.63, 3.8) is 0 Å². The second-order valence-corrected chi connectivity index (χ2v) is 6.59. The molecule has 1 N–H and O–H groups in total. The Morgan fingerprint density at radius 1 is 0.889 bits per heavy atom. The molecule has 2 aliphatic heterocycles. The number of ether oxygens (including phenoxy) is 3. The molecule has 5 nitrogen and oxygen atoms in total. The largest absolute Gasteiger partial charge is 0.457 e. The number of hydrogen-bond acceptors (Lipinski definition) is 4. The fraction of sp³-hybridized carbons (Fsp3) is 0.136. The van der Waals surface area contributed by atoms with E-state index in [1.807, 2.05) is 66.7 Å². The summed E-state index contributed by atoms with van der Waals surface area (Å²) in [7, 11) is 0. The second-order valence-electron chi connectivity index (χ2n) is 6.59. The third-order valence-electron chi connectivity index (χ3n) is 4.82. The average molecular weight is 359 g/mol. The zero-order valence-electron chi connectivity index (χ0n) is 14.5. The van der Waals surface area contributed by atoms with E-state index in [9.17, 15) is 4.79 Å². The van der Waals surface area contributed by atoms with Crippen LogP contribution in [0.2, 0.25) is 0 Å². The Morgan fingerprint density at radius 3 is 2.52 bits per heavy atom. The normalized spacial score (nSPS) is 17.2. The van der Waals surface area contributed by atoms with Gasteiger partial charge in [-0.05, 0) is 41.5 Å². The predicted molar refractivity (Wildman–Crippen MR) is 101 cm³/mol. The molecule has 0 saturated carbocycles. The lowest BCUT2D eigenvalue weighted by Gasteiger charge is -2.26. The SMILES string of the molecule is O=C1C[C@@H](c2cccc(Oc3ccccc3)c2)c2cc3c(cc2N1)OCO3. The molecular formula is C22H17NO4. The van der Waals surface area contributed by atoms with Crippen molar-refractivity contribution in [1.29, 1.82) is 0 Å². The van der Waals surface area contributed by atoms with Gasteiger partial charge in [-0.2, -0.15) is 0 Å². The minimum Gasteiger partial charge on any atom is -0.457 e. The molecule has 0 bridgehead atoms. The summed E-state index contributed by atoms with van der Waals surface area (Å²) in [6.45, 7) is 0.206. The number of carbonyl (C=O) groups is 1. The summed E-state index contributed by atoms with van der Waals surface area (Å²) in [5.41, 5.74) is 2.82. The van der Waals surface area contributed by atoms with E-state index >= 15 is 0 Å². The molecule has 0 radical (unpaired) electrons. The topological polar surface area (TPSA) is 56.8 Å². The van der Waals surface area contributed by atoms with Crippen LogP contribution in [0.25, 0.3) is 0 Å². The van der Waals surface area contributed by atoms with Gasteiger partial charge in [-0.1, -0.05) is 30.3 Å². The number of anilines is 1. The summed E-state index contributed by atoms with van der Waals surface area (Å²) in [6, 6.07) is 21.3. The van der Waals surface area contributed by atoms with E-state index in [2.05, 4.69) is 5.32 Å². The molecule has 3 aromatic rings. The van der Waals surface area contributed by atoms with Gasteiger partial charge < -0.3 is 19.5 Å². The van der Waals surface area contributed by atoms with Gasteiger partial charge in [0.15, 0.2) is 11.5 Å². The van der Waals surface area contributed by atoms with E-state index in [4.69, 9.17) is 14.2 Å². The van der Waals surface area contributed by atoms with Crippen molar-refractivity contribution in [1.82, 2.24) is 0 Å². The van der Waals surface area contributed by atoms with E-state index in [1.54, 1.807) is 0 Å². The molecule has 1 amide bonds. The Balaban J connectivity index is 1.52. The number of hydrogen-bond donors (Lipinski definition) is 1. The number of carbonyl (C=O) groups excluding carboxylic acids is 1. The van der Waals surface area contributed by atoms with Crippen LogP contribution in [0.4, 0.5) is 5.69 Å². The van der Waals surface area contributed by atoms with E-state index in [0.29, 0.717) is 17.9 Å². The standard InChI is InChI=1S/C22H17NO4/c24-22-11-17(18-10-20-21(26-13-25-20)12-19(18)23-22)14-5-4-8-16(9-14)27-15-6-2-1-3-7-15/h1-10,12,17H,11,13H2,(H,23,24)/t17-/m0/s1. The Labute approximate surface area is 156 Å². The Hall–Kier alpha value is -3.47. The van der Waals surface area contributed by atoms with Crippen LogP contribution in [0.15, 0.2) is 66.7 Å². The monoisotopic (exact) mass is 359 g/mol. The number of para-hydroxylation sites is 1. The van der Waals surface area contributed by atoms with Gasteiger partial charge in [-0.15, -0.1) is 0 Å². The van der Waals surface area contributed by atoms with Crippen LogP contribution in [0.3, 0.4) is 0 Å². The molecule has 5 rings (SSSR count). The smallest absolute Gasteiger partial charge is 0.231 e. The molecule has 0 unspecified atom stereocenters. The van der Waals surface area contributed by atoms with Crippen molar-refractivity contribution in [2.24, 2.45) is 0 Å². The van der Waals surface area contributed by atoms with Crippen molar-refractivity contribution in [2.75, 3.05) is 12.1 Å². The zero-order chi connectivity index (χ0) is 18.2. The molecule has 2 aliphatic rings. The van der Waals surface area contributed by atoms with Crippen LogP contribution in [-0.4, -0.2) is 12.7 Å². The first-order chi connectivity index (χ1) is 13.3.